The lowest BCUT2D eigenvalue weighted by atomic mass is 9.99. The Morgan fingerprint density at radius 3 is 1.82 bits per heavy atom. The molecule has 0 N–H and O–H groups in total. The Bertz CT molecular complexity index is 178. The van der Waals surface area contributed by atoms with Crippen molar-refractivity contribution in [1.29, 1.82) is 5.26 Å². The van der Waals surface area contributed by atoms with Gasteiger partial charge in [-0.05, 0) is 25.4 Å². The molecule has 0 aromatic heterocycles. The summed E-state index contributed by atoms with van der Waals surface area (Å²) in [5.74, 6) is 0.0718. The highest BCUT2D eigenvalue weighted by atomic mass is 32.3. The third-order valence-electron chi connectivity index (χ3n) is 2.33. The van der Waals surface area contributed by atoms with E-state index in [1.807, 2.05) is 13.8 Å². The average Bonchev–Trinajstić information content (AvgIpc) is 1.83. The summed E-state index contributed by atoms with van der Waals surface area (Å²) in [6.45, 7) is 5.47. The van der Waals surface area contributed by atoms with E-state index in [9.17, 15) is 3.89 Å². The second kappa shape index (κ2) is 3.02. The molecule has 0 aromatic carbocycles. The van der Waals surface area contributed by atoms with Gasteiger partial charge in [0.2, 0.25) is 0 Å². The first kappa shape index (κ1) is 10.8. The van der Waals surface area contributed by atoms with Crippen LogP contribution in [0.25, 0.3) is 0 Å². The molecule has 0 bridgehead atoms. The number of hydrogen-bond donors (Lipinski definition) is 0. The highest BCUT2D eigenvalue weighted by Gasteiger charge is 2.40. The van der Waals surface area contributed by atoms with Crippen LogP contribution in [-0.2, 0) is 0 Å². The van der Waals surface area contributed by atoms with Gasteiger partial charge in [-0.25, -0.2) is 0 Å². The van der Waals surface area contributed by atoms with Crippen molar-refractivity contribution in [2.24, 2.45) is 5.92 Å². The van der Waals surface area contributed by atoms with Crippen LogP contribution >= 0.6 is 10.4 Å². The average molecular weight is 177 g/mol. The van der Waals surface area contributed by atoms with Crippen LogP contribution in [0.1, 0.15) is 20.8 Å². The summed E-state index contributed by atoms with van der Waals surface area (Å²) in [5.41, 5.74) is 0. The Balaban J connectivity index is 4.80. The highest BCUT2D eigenvalue weighted by molar-refractivity contribution is 8.29. The van der Waals surface area contributed by atoms with Crippen LogP contribution in [0, 0.1) is 17.2 Å². The monoisotopic (exact) mass is 177 g/mol. The lowest BCUT2D eigenvalue weighted by molar-refractivity contribution is 0.537. The van der Waals surface area contributed by atoms with Gasteiger partial charge in [-0.2, -0.15) is 9.15 Å². The molecule has 0 aliphatic carbocycles. The molecule has 0 rings (SSSR count). The molecule has 66 valence electrons. The molecule has 1 nitrogen and oxygen atoms in total. The largest absolute Gasteiger partial charge is 0.197 e. The van der Waals surface area contributed by atoms with Crippen LogP contribution in [0.2, 0.25) is 0 Å². The highest BCUT2D eigenvalue weighted by Crippen LogP contribution is 2.57. The maximum Gasteiger partial charge on any atom is 0.111 e. The molecule has 0 heterocycles. The topological polar surface area (TPSA) is 23.8 Å². The normalized spacial score (nSPS) is 19.1. The lowest BCUT2D eigenvalue weighted by Crippen LogP contribution is -2.32. The van der Waals surface area contributed by atoms with Crippen LogP contribution in [0.3, 0.4) is 0 Å². The molecule has 0 aliphatic heterocycles. The number of nitrogens with zero attached hydrogens (tertiary/aromatic N) is 1. The quantitative estimate of drug-likeness (QED) is 0.636. The third kappa shape index (κ3) is 1.87. The van der Waals surface area contributed by atoms with E-state index < -0.39 is 15.2 Å². The van der Waals surface area contributed by atoms with Crippen molar-refractivity contribution in [3.05, 3.63) is 0 Å². The van der Waals surface area contributed by atoms with Gasteiger partial charge < -0.3 is 0 Å². The fourth-order valence-electron chi connectivity index (χ4n) is 0.798. The van der Waals surface area contributed by atoms with Crippen molar-refractivity contribution in [3.63, 3.8) is 0 Å². The summed E-state index contributed by atoms with van der Waals surface area (Å²) in [5, 5.41) is 8.82. The van der Waals surface area contributed by atoms with Gasteiger partial charge >= 0.3 is 0 Å². The fraction of sp³-hybridized carbons (Fsp3) is 0.875. The summed E-state index contributed by atoms with van der Waals surface area (Å²) in [6.07, 6.45) is 3.08. The van der Waals surface area contributed by atoms with Gasteiger partial charge in [0, 0.05) is 0 Å². The molecule has 11 heavy (non-hydrogen) atoms. The third-order valence-corrected chi connectivity index (χ3v) is 4.91. The zero-order valence-corrected chi connectivity index (χ0v) is 8.63. The van der Waals surface area contributed by atoms with E-state index in [0.29, 0.717) is 0 Å². The number of nitriles is 1. The minimum absolute atomic E-state index is 0.0718. The molecule has 1 unspecified atom stereocenters. The van der Waals surface area contributed by atoms with Gasteiger partial charge in [0.1, 0.15) is 4.75 Å². The van der Waals surface area contributed by atoms with Crippen LogP contribution in [0.15, 0.2) is 0 Å². The molecular weight excluding hydrogens is 161 g/mol. The molecule has 0 spiro atoms. The van der Waals surface area contributed by atoms with Crippen LogP contribution in [0.5, 0.6) is 0 Å². The zero-order valence-electron chi connectivity index (χ0n) is 7.81. The molecule has 0 aliphatic rings. The Morgan fingerprint density at radius 2 is 1.82 bits per heavy atom. The summed E-state index contributed by atoms with van der Waals surface area (Å²) in [7, 11) is -2.27. The molecule has 0 radical (unpaired) electrons. The Morgan fingerprint density at radius 1 is 1.45 bits per heavy atom. The number of rotatable bonds is 2. The molecule has 1 atom stereocenters. The van der Waals surface area contributed by atoms with E-state index in [0.717, 1.165) is 0 Å². The Hall–Kier alpha value is -0.230. The minimum Gasteiger partial charge on any atom is -0.197 e. The SMILES string of the molecule is CC(C)C(C)(C#N)S(C)(C)F. The smallest absolute Gasteiger partial charge is 0.111 e. The molecule has 0 saturated carbocycles. The van der Waals surface area contributed by atoms with E-state index in [1.54, 1.807) is 6.92 Å². The Kier molecular flexibility index (Phi) is 2.96. The second-order valence-corrected chi connectivity index (χ2v) is 6.83. The second-order valence-electron chi connectivity index (χ2n) is 3.58. The molecule has 0 fully saturated rings. The van der Waals surface area contributed by atoms with Gasteiger partial charge in [-0.3, -0.25) is 0 Å². The Labute approximate surface area is 70.2 Å². The molecular formula is C8H16FNS. The van der Waals surface area contributed by atoms with Gasteiger partial charge in [0.05, 0.1) is 6.07 Å². The van der Waals surface area contributed by atoms with Gasteiger partial charge in [-0.15, -0.1) is 0 Å². The van der Waals surface area contributed by atoms with Gasteiger partial charge in [0.15, 0.2) is 0 Å². The molecule has 0 saturated heterocycles. The van der Waals surface area contributed by atoms with E-state index in [2.05, 4.69) is 6.07 Å². The van der Waals surface area contributed by atoms with E-state index in [4.69, 9.17) is 5.26 Å². The summed E-state index contributed by atoms with van der Waals surface area (Å²) in [4.78, 5) is 0. The van der Waals surface area contributed by atoms with E-state index >= 15 is 0 Å². The van der Waals surface area contributed by atoms with Crippen molar-refractivity contribution >= 4 is 10.4 Å². The predicted molar refractivity (Wildman–Crippen MR) is 49.4 cm³/mol. The van der Waals surface area contributed by atoms with Crippen molar-refractivity contribution in [1.82, 2.24) is 0 Å². The maximum absolute atomic E-state index is 13.5. The van der Waals surface area contributed by atoms with Crippen LogP contribution in [-0.4, -0.2) is 17.3 Å². The first-order valence-corrected chi connectivity index (χ1v) is 5.94. The zero-order chi connectivity index (χ0) is 9.28. The summed E-state index contributed by atoms with van der Waals surface area (Å²) >= 11 is 0. The van der Waals surface area contributed by atoms with Crippen LogP contribution in [0.4, 0.5) is 3.89 Å². The number of hydrogen-bond acceptors (Lipinski definition) is 1. The molecule has 3 heteroatoms. The summed E-state index contributed by atoms with van der Waals surface area (Å²) in [6, 6.07) is 2.08. The number of halogens is 1. The minimum atomic E-state index is -2.27. The first-order valence-electron chi connectivity index (χ1n) is 3.59. The standard InChI is InChI=1S/C8H16FNS/c1-7(2)8(3,6-10)11(4,5)9/h7H,1-5H3. The fourth-order valence-corrected chi connectivity index (χ4v) is 2.14. The van der Waals surface area contributed by atoms with E-state index in [1.165, 1.54) is 12.5 Å². The van der Waals surface area contributed by atoms with Crippen molar-refractivity contribution in [2.45, 2.75) is 25.5 Å². The first-order chi connectivity index (χ1) is 4.75. The van der Waals surface area contributed by atoms with Crippen molar-refractivity contribution in [3.8, 4) is 6.07 Å². The predicted octanol–water partition coefficient (Wildman–Crippen LogP) is 2.87. The van der Waals surface area contributed by atoms with Crippen LogP contribution < -0.4 is 0 Å². The summed E-state index contributed by atoms with van der Waals surface area (Å²) < 4.78 is 12.8. The maximum atomic E-state index is 13.5. The van der Waals surface area contributed by atoms with Gasteiger partial charge in [0.25, 0.3) is 0 Å². The van der Waals surface area contributed by atoms with Gasteiger partial charge in [-0.1, -0.05) is 24.3 Å². The van der Waals surface area contributed by atoms with E-state index in [-0.39, 0.29) is 5.92 Å². The van der Waals surface area contributed by atoms with Crippen molar-refractivity contribution in [2.75, 3.05) is 12.5 Å². The molecule has 0 amide bonds. The lowest BCUT2D eigenvalue weighted by Gasteiger charge is -2.39. The molecule has 0 aromatic rings. The van der Waals surface area contributed by atoms with Crippen molar-refractivity contribution < 1.29 is 3.89 Å².